The van der Waals surface area contributed by atoms with E-state index < -0.39 is 36.9 Å². The molecule has 1 rings (SSSR count). The van der Waals surface area contributed by atoms with Gasteiger partial charge in [0.05, 0.1) is 18.6 Å². The lowest BCUT2D eigenvalue weighted by Crippen LogP contribution is -2.45. The molecule has 1 heterocycles. The summed E-state index contributed by atoms with van der Waals surface area (Å²) in [5.41, 5.74) is 5.27. The standard InChI is InChI=1S/C8H12F2N2O2/c1-5(11)7(14)12-4-8(9,10)2-6(12)3-13/h3,5-6H,2,4,11H2,1H3. The van der Waals surface area contributed by atoms with E-state index in [1.165, 1.54) is 6.92 Å². The van der Waals surface area contributed by atoms with E-state index in [4.69, 9.17) is 5.73 Å². The van der Waals surface area contributed by atoms with Crippen LogP contribution in [0.25, 0.3) is 0 Å². The third kappa shape index (κ3) is 2.06. The number of rotatable bonds is 2. The quantitative estimate of drug-likeness (QED) is 0.635. The second-order valence-electron chi connectivity index (χ2n) is 3.52. The molecule has 0 aromatic rings. The predicted molar refractivity (Wildman–Crippen MR) is 44.8 cm³/mol. The van der Waals surface area contributed by atoms with Crippen molar-refractivity contribution >= 4 is 12.2 Å². The van der Waals surface area contributed by atoms with Gasteiger partial charge in [0.25, 0.3) is 5.92 Å². The lowest BCUT2D eigenvalue weighted by atomic mass is 10.2. The van der Waals surface area contributed by atoms with Gasteiger partial charge in [-0.2, -0.15) is 0 Å². The van der Waals surface area contributed by atoms with Crippen LogP contribution in [0, 0.1) is 0 Å². The third-order valence-corrected chi connectivity index (χ3v) is 2.14. The first-order valence-electron chi connectivity index (χ1n) is 4.26. The van der Waals surface area contributed by atoms with Gasteiger partial charge in [0, 0.05) is 6.42 Å². The van der Waals surface area contributed by atoms with E-state index in [9.17, 15) is 18.4 Å². The maximum Gasteiger partial charge on any atom is 0.267 e. The van der Waals surface area contributed by atoms with Gasteiger partial charge in [-0.15, -0.1) is 0 Å². The maximum atomic E-state index is 12.9. The highest BCUT2D eigenvalue weighted by atomic mass is 19.3. The van der Waals surface area contributed by atoms with Crippen molar-refractivity contribution in [1.29, 1.82) is 0 Å². The number of hydrogen-bond acceptors (Lipinski definition) is 3. The molecule has 6 heteroatoms. The van der Waals surface area contributed by atoms with E-state index in [2.05, 4.69) is 0 Å². The molecule has 2 unspecified atom stereocenters. The average molecular weight is 206 g/mol. The van der Waals surface area contributed by atoms with Gasteiger partial charge >= 0.3 is 0 Å². The second-order valence-corrected chi connectivity index (χ2v) is 3.52. The molecule has 80 valence electrons. The number of amides is 1. The summed E-state index contributed by atoms with van der Waals surface area (Å²) in [6.45, 7) is 0.692. The van der Waals surface area contributed by atoms with Crippen molar-refractivity contribution in [3.63, 3.8) is 0 Å². The van der Waals surface area contributed by atoms with Gasteiger partial charge in [0.15, 0.2) is 0 Å². The first kappa shape index (κ1) is 11.0. The summed E-state index contributed by atoms with van der Waals surface area (Å²) in [5.74, 6) is -3.59. The van der Waals surface area contributed by atoms with Crippen LogP contribution < -0.4 is 5.73 Å². The number of likely N-dealkylation sites (tertiary alicyclic amines) is 1. The number of halogens is 2. The van der Waals surface area contributed by atoms with Gasteiger partial charge in [-0.3, -0.25) is 4.79 Å². The smallest absolute Gasteiger partial charge is 0.267 e. The zero-order valence-corrected chi connectivity index (χ0v) is 7.74. The van der Waals surface area contributed by atoms with Gasteiger partial charge in [-0.1, -0.05) is 0 Å². The van der Waals surface area contributed by atoms with Crippen LogP contribution in [0.2, 0.25) is 0 Å². The molecule has 1 aliphatic rings. The van der Waals surface area contributed by atoms with Gasteiger partial charge < -0.3 is 15.4 Å². The van der Waals surface area contributed by atoms with E-state index in [-0.39, 0.29) is 0 Å². The van der Waals surface area contributed by atoms with Crippen molar-refractivity contribution in [2.24, 2.45) is 5.73 Å². The van der Waals surface area contributed by atoms with Crippen molar-refractivity contribution < 1.29 is 18.4 Å². The van der Waals surface area contributed by atoms with Crippen molar-refractivity contribution in [1.82, 2.24) is 4.90 Å². The Kier molecular flexibility index (Phi) is 2.84. The molecule has 0 aliphatic carbocycles. The Morgan fingerprint density at radius 2 is 2.29 bits per heavy atom. The number of carbonyl (C=O) groups excluding carboxylic acids is 2. The van der Waals surface area contributed by atoms with Crippen molar-refractivity contribution in [3.8, 4) is 0 Å². The van der Waals surface area contributed by atoms with Gasteiger partial charge in [0.1, 0.15) is 6.29 Å². The zero-order valence-electron chi connectivity index (χ0n) is 7.74. The van der Waals surface area contributed by atoms with Gasteiger partial charge in [-0.25, -0.2) is 8.78 Å². The van der Waals surface area contributed by atoms with Crippen LogP contribution in [-0.4, -0.2) is 41.6 Å². The minimum absolute atomic E-state index is 0.362. The fourth-order valence-electron chi connectivity index (χ4n) is 1.47. The topological polar surface area (TPSA) is 63.4 Å². The summed E-state index contributed by atoms with van der Waals surface area (Å²) in [5, 5.41) is 0. The van der Waals surface area contributed by atoms with Crippen LogP contribution in [0.4, 0.5) is 8.78 Å². The van der Waals surface area contributed by atoms with E-state index in [0.717, 1.165) is 4.90 Å². The molecule has 2 atom stereocenters. The summed E-state index contributed by atoms with van der Waals surface area (Å²) < 4.78 is 25.7. The molecule has 0 bridgehead atoms. The fraction of sp³-hybridized carbons (Fsp3) is 0.750. The summed E-state index contributed by atoms with van der Waals surface area (Å²) in [6.07, 6.45) is -0.240. The number of hydrogen-bond donors (Lipinski definition) is 1. The molecule has 2 N–H and O–H groups in total. The molecular weight excluding hydrogens is 194 g/mol. The lowest BCUT2D eigenvalue weighted by molar-refractivity contribution is -0.136. The highest BCUT2D eigenvalue weighted by Gasteiger charge is 2.47. The molecule has 1 amide bonds. The van der Waals surface area contributed by atoms with Crippen molar-refractivity contribution in [2.45, 2.75) is 31.4 Å². The van der Waals surface area contributed by atoms with Crippen LogP contribution in [0.1, 0.15) is 13.3 Å². The SMILES string of the molecule is CC(N)C(=O)N1CC(F)(F)CC1C=O. The monoisotopic (exact) mass is 206 g/mol. The Labute approximate surface area is 80.0 Å². The summed E-state index contributed by atoms with van der Waals surface area (Å²) in [7, 11) is 0. The molecule has 1 aliphatic heterocycles. The van der Waals surface area contributed by atoms with E-state index in [0.29, 0.717) is 6.29 Å². The minimum atomic E-state index is -2.98. The second kappa shape index (κ2) is 3.61. The molecule has 1 fully saturated rings. The Bertz CT molecular complexity index is 256. The van der Waals surface area contributed by atoms with Crippen molar-refractivity contribution in [2.75, 3.05) is 6.54 Å². The van der Waals surface area contributed by atoms with Crippen LogP contribution in [0.5, 0.6) is 0 Å². The Morgan fingerprint density at radius 3 is 2.71 bits per heavy atom. The molecule has 0 aromatic heterocycles. The maximum absolute atomic E-state index is 12.9. The highest BCUT2D eigenvalue weighted by Crippen LogP contribution is 2.31. The molecule has 14 heavy (non-hydrogen) atoms. The van der Waals surface area contributed by atoms with E-state index >= 15 is 0 Å². The number of nitrogens with zero attached hydrogens (tertiary/aromatic N) is 1. The van der Waals surface area contributed by atoms with E-state index in [1.807, 2.05) is 0 Å². The Hall–Kier alpha value is -1.04. The van der Waals surface area contributed by atoms with Gasteiger partial charge in [0.2, 0.25) is 5.91 Å². The molecule has 0 spiro atoms. The normalized spacial score (nSPS) is 27.4. The van der Waals surface area contributed by atoms with Crippen molar-refractivity contribution in [3.05, 3.63) is 0 Å². The molecule has 4 nitrogen and oxygen atoms in total. The molecule has 0 aromatic carbocycles. The summed E-state index contributed by atoms with van der Waals surface area (Å²) in [6, 6.07) is -1.89. The molecular formula is C8H12F2N2O2. The highest BCUT2D eigenvalue weighted by molar-refractivity contribution is 5.84. The van der Waals surface area contributed by atoms with E-state index in [1.54, 1.807) is 0 Å². The predicted octanol–water partition coefficient (Wildman–Crippen LogP) is -0.231. The lowest BCUT2D eigenvalue weighted by Gasteiger charge is -2.21. The summed E-state index contributed by atoms with van der Waals surface area (Å²) >= 11 is 0. The van der Waals surface area contributed by atoms with Crippen LogP contribution in [0.3, 0.4) is 0 Å². The van der Waals surface area contributed by atoms with Crippen LogP contribution >= 0.6 is 0 Å². The fourth-order valence-corrected chi connectivity index (χ4v) is 1.47. The molecule has 1 saturated heterocycles. The Morgan fingerprint density at radius 1 is 1.71 bits per heavy atom. The number of aldehydes is 1. The number of alkyl halides is 2. The van der Waals surface area contributed by atoms with Crippen LogP contribution in [-0.2, 0) is 9.59 Å². The van der Waals surface area contributed by atoms with Gasteiger partial charge in [-0.05, 0) is 6.92 Å². The first-order valence-corrected chi connectivity index (χ1v) is 4.26. The largest absolute Gasteiger partial charge is 0.325 e. The third-order valence-electron chi connectivity index (χ3n) is 2.14. The zero-order chi connectivity index (χ0) is 10.9. The number of carbonyl (C=O) groups is 2. The minimum Gasteiger partial charge on any atom is -0.325 e. The Balaban J connectivity index is 2.78. The molecule has 0 saturated carbocycles. The molecule has 0 radical (unpaired) electrons. The number of nitrogens with two attached hydrogens (primary N) is 1. The average Bonchev–Trinajstić information content (AvgIpc) is 2.39. The first-order chi connectivity index (χ1) is 6.37. The van der Waals surface area contributed by atoms with Crippen LogP contribution in [0.15, 0.2) is 0 Å². The summed E-state index contributed by atoms with van der Waals surface area (Å²) in [4.78, 5) is 22.6.